The van der Waals surface area contributed by atoms with Gasteiger partial charge in [-0.15, -0.1) is 5.10 Å². The van der Waals surface area contributed by atoms with Gasteiger partial charge in [0.05, 0.1) is 16.5 Å². The molecule has 0 atom stereocenters. The Labute approximate surface area is 123 Å². The second-order valence-electron chi connectivity index (χ2n) is 5.06. The fraction of sp³-hybridized carbons (Fsp3) is 0.417. The van der Waals surface area contributed by atoms with E-state index in [1.54, 1.807) is 0 Å². The van der Waals surface area contributed by atoms with Crippen molar-refractivity contribution in [1.29, 1.82) is 0 Å². The van der Waals surface area contributed by atoms with Crippen LogP contribution in [0, 0.1) is 0 Å². The van der Waals surface area contributed by atoms with Gasteiger partial charge in [0.15, 0.2) is 15.7 Å². The van der Waals surface area contributed by atoms with E-state index in [2.05, 4.69) is 15.5 Å². The molecule has 0 saturated heterocycles. The number of benzene rings is 1. The smallest absolute Gasteiger partial charge is 0.228 e. The van der Waals surface area contributed by atoms with Crippen LogP contribution in [0.4, 0.5) is 13.2 Å². The summed E-state index contributed by atoms with van der Waals surface area (Å²) < 4.78 is 62.7. The van der Waals surface area contributed by atoms with Gasteiger partial charge in [-0.2, -0.15) is 17.9 Å². The Balaban J connectivity index is 1.88. The highest BCUT2D eigenvalue weighted by atomic mass is 32.2. The molecule has 1 aliphatic carbocycles. The van der Waals surface area contributed by atoms with Crippen molar-refractivity contribution in [2.24, 2.45) is 0 Å². The molecule has 0 bridgehead atoms. The van der Waals surface area contributed by atoms with Crippen molar-refractivity contribution < 1.29 is 21.6 Å². The second-order valence-corrected chi connectivity index (χ2v) is 7.34. The number of alkyl halides is 3. The Morgan fingerprint density at radius 3 is 2.36 bits per heavy atom. The SMILES string of the molecule is O=S(=O)(Cc1nnnn1-c1ccc(C(F)(F)F)cc1)C1CC1. The minimum Gasteiger partial charge on any atom is -0.228 e. The predicted octanol–water partition coefficient (Wildman–Crippen LogP) is 1.76. The fourth-order valence-electron chi connectivity index (χ4n) is 2.01. The van der Waals surface area contributed by atoms with Gasteiger partial charge in [0.25, 0.3) is 0 Å². The number of halogens is 3. The maximum absolute atomic E-state index is 12.5. The number of sulfone groups is 1. The van der Waals surface area contributed by atoms with Gasteiger partial charge < -0.3 is 0 Å². The van der Waals surface area contributed by atoms with Crippen LogP contribution in [-0.2, 0) is 21.8 Å². The van der Waals surface area contributed by atoms with E-state index >= 15 is 0 Å². The first-order chi connectivity index (χ1) is 10.3. The topological polar surface area (TPSA) is 77.7 Å². The molecule has 0 aliphatic heterocycles. The molecular formula is C12H11F3N4O2S. The summed E-state index contributed by atoms with van der Waals surface area (Å²) in [6, 6.07) is 4.20. The van der Waals surface area contributed by atoms with Crippen molar-refractivity contribution in [3.63, 3.8) is 0 Å². The molecule has 1 fully saturated rings. The molecule has 1 heterocycles. The number of nitrogens with zero attached hydrogens (tertiary/aromatic N) is 4. The van der Waals surface area contributed by atoms with Crippen LogP contribution in [0.5, 0.6) is 0 Å². The number of tetrazole rings is 1. The van der Waals surface area contributed by atoms with Crippen molar-refractivity contribution in [3.05, 3.63) is 35.7 Å². The molecule has 0 radical (unpaired) electrons. The molecule has 0 unspecified atom stereocenters. The zero-order valence-corrected chi connectivity index (χ0v) is 12.0. The Bertz CT molecular complexity index is 779. The predicted molar refractivity (Wildman–Crippen MR) is 69.8 cm³/mol. The van der Waals surface area contributed by atoms with Gasteiger partial charge in [0.2, 0.25) is 0 Å². The first-order valence-electron chi connectivity index (χ1n) is 6.44. The largest absolute Gasteiger partial charge is 0.416 e. The third-order valence-corrected chi connectivity index (χ3v) is 5.48. The Morgan fingerprint density at radius 1 is 1.18 bits per heavy atom. The van der Waals surface area contributed by atoms with E-state index in [1.807, 2.05) is 0 Å². The third kappa shape index (κ3) is 2.96. The molecule has 6 nitrogen and oxygen atoms in total. The molecule has 1 aliphatic rings. The molecule has 1 aromatic heterocycles. The molecule has 0 N–H and O–H groups in total. The fourth-order valence-corrected chi connectivity index (χ4v) is 3.64. The van der Waals surface area contributed by atoms with Crippen LogP contribution in [0.25, 0.3) is 5.69 Å². The summed E-state index contributed by atoms with van der Waals surface area (Å²) in [5, 5.41) is 10.4. The molecule has 0 spiro atoms. The van der Waals surface area contributed by atoms with E-state index < -0.39 is 21.6 Å². The van der Waals surface area contributed by atoms with Gasteiger partial charge in [-0.1, -0.05) is 0 Å². The lowest BCUT2D eigenvalue weighted by atomic mass is 10.2. The van der Waals surface area contributed by atoms with Crippen LogP contribution in [0.15, 0.2) is 24.3 Å². The van der Waals surface area contributed by atoms with E-state index in [4.69, 9.17) is 0 Å². The number of aromatic nitrogens is 4. The van der Waals surface area contributed by atoms with E-state index in [0.29, 0.717) is 12.8 Å². The van der Waals surface area contributed by atoms with Gasteiger partial charge in [0.1, 0.15) is 5.75 Å². The lowest BCUT2D eigenvalue weighted by Crippen LogP contribution is -2.14. The maximum atomic E-state index is 12.5. The molecular weight excluding hydrogens is 321 g/mol. The summed E-state index contributed by atoms with van der Waals surface area (Å²) in [7, 11) is -3.32. The quantitative estimate of drug-likeness (QED) is 0.852. The van der Waals surface area contributed by atoms with Crippen LogP contribution in [0.1, 0.15) is 24.2 Å². The molecule has 22 heavy (non-hydrogen) atoms. The summed E-state index contributed by atoms with van der Waals surface area (Å²) in [6.07, 6.45) is -3.17. The van der Waals surface area contributed by atoms with Gasteiger partial charge in [-0.05, 0) is 47.5 Å². The van der Waals surface area contributed by atoms with Crippen LogP contribution in [0.2, 0.25) is 0 Å². The number of hydrogen-bond acceptors (Lipinski definition) is 5. The molecule has 118 valence electrons. The summed E-state index contributed by atoms with van der Waals surface area (Å²) in [5.41, 5.74) is -0.518. The van der Waals surface area contributed by atoms with E-state index in [1.165, 1.54) is 12.1 Å². The average molecular weight is 332 g/mol. The van der Waals surface area contributed by atoms with Crippen molar-refractivity contribution in [3.8, 4) is 5.69 Å². The third-order valence-electron chi connectivity index (χ3n) is 3.34. The highest BCUT2D eigenvalue weighted by Gasteiger charge is 2.37. The van der Waals surface area contributed by atoms with Crippen molar-refractivity contribution in [2.75, 3.05) is 0 Å². The zero-order valence-electron chi connectivity index (χ0n) is 11.2. The minimum absolute atomic E-state index is 0.0895. The standard InChI is InChI=1S/C12H11F3N4O2S/c13-12(14,15)8-1-3-9(4-2-8)19-11(16-17-18-19)7-22(20,21)10-5-6-10/h1-4,10H,5-7H2. The lowest BCUT2D eigenvalue weighted by Gasteiger charge is -2.08. The van der Waals surface area contributed by atoms with E-state index in [-0.39, 0.29) is 22.5 Å². The number of rotatable bonds is 4. The van der Waals surface area contributed by atoms with Gasteiger partial charge in [-0.3, -0.25) is 0 Å². The molecule has 10 heteroatoms. The second kappa shape index (κ2) is 5.04. The average Bonchev–Trinajstić information content (AvgIpc) is 3.20. The molecule has 3 rings (SSSR count). The molecule has 1 aromatic carbocycles. The van der Waals surface area contributed by atoms with Crippen molar-refractivity contribution in [1.82, 2.24) is 20.2 Å². The van der Waals surface area contributed by atoms with E-state index in [0.717, 1.165) is 16.8 Å². The number of hydrogen-bond donors (Lipinski definition) is 0. The maximum Gasteiger partial charge on any atom is 0.416 e. The summed E-state index contributed by atoms with van der Waals surface area (Å²) in [6.45, 7) is 0. The van der Waals surface area contributed by atoms with Gasteiger partial charge >= 0.3 is 6.18 Å². The van der Waals surface area contributed by atoms with Crippen LogP contribution in [-0.4, -0.2) is 33.9 Å². The Kier molecular flexibility index (Phi) is 3.42. The summed E-state index contributed by atoms with van der Waals surface area (Å²) >= 11 is 0. The first kappa shape index (κ1) is 14.9. The Hall–Kier alpha value is -1.97. The van der Waals surface area contributed by atoms with Crippen LogP contribution >= 0.6 is 0 Å². The van der Waals surface area contributed by atoms with E-state index in [9.17, 15) is 21.6 Å². The lowest BCUT2D eigenvalue weighted by molar-refractivity contribution is -0.137. The molecule has 1 saturated carbocycles. The zero-order chi connectivity index (χ0) is 16.0. The van der Waals surface area contributed by atoms with Gasteiger partial charge in [0, 0.05) is 0 Å². The Morgan fingerprint density at radius 2 is 1.82 bits per heavy atom. The van der Waals surface area contributed by atoms with Crippen molar-refractivity contribution in [2.45, 2.75) is 30.0 Å². The first-order valence-corrected chi connectivity index (χ1v) is 8.15. The molecule has 0 amide bonds. The van der Waals surface area contributed by atoms with Gasteiger partial charge in [-0.25, -0.2) is 8.42 Å². The molecule has 2 aromatic rings. The summed E-state index contributed by atoms with van der Waals surface area (Å²) in [4.78, 5) is 0. The van der Waals surface area contributed by atoms with Crippen molar-refractivity contribution >= 4 is 9.84 Å². The normalized spacial score (nSPS) is 16.0. The summed E-state index contributed by atoms with van der Waals surface area (Å²) in [5.74, 6) is -0.238. The van der Waals surface area contributed by atoms with Crippen LogP contribution < -0.4 is 0 Å². The minimum atomic E-state index is -4.43. The highest BCUT2D eigenvalue weighted by Crippen LogP contribution is 2.31. The highest BCUT2D eigenvalue weighted by molar-refractivity contribution is 7.91. The van der Waals surface area contributed by atoms with Crippen LogP contribution in [0.3, 0.4) is 0 Å². The monoisotopic (exact) mass is 332 g/mol.